The summed E-state index contributed by atoms with van der Waals surface area (Å²) in [5, 5.41) is 8.35. The van der Waals surface area contributed by atoms with Crippen LogP contribution in [-0.4, -0.2) is 34.2 Å². The van der Waals surface area contributed by atoms with Gasteiger partial charge in [-0.05, 0) is 38.6 Å². The number of carbonyl (C=O) groups excluding carboxylic acids is 1. The van der Waals surface area contributed by atoms with Crippen LogP contribution in [0.15, 0.2) is 18.2 Å². The first-order valence-electron chi connectivity index (χ1n) is 7.20. The normalized spacial score (nSPS) is 11.1. The van der Waals surface area contributed by atoms with Gasteiger partial charge < -0.3 is 5.32 Å². The third kappa shape index (κ3) is 4.47. The van der Waals surface area contributed by atoms with Crippen LogP contribution in [0.2, 0.25) is 10.2 Å². The molecule has 1 amide bonds. The number of aromatic nitrogens is 2. The van der Waals surface area contributed by atoms with Gasteiger partial charge in [-0.2, -0.15) is 5.10 Å². The average Bonchev–Trinajstić information content (AvgIpc) is 2.69. The quantitative estimate of drug-likeness (QED) is 0.894. The second-order valence-electron chi connectivity index (χ2n) is 5.66. The molecule has 0 atom stereocenters. The molecule has 0 radical (unpaired) electrons. The monoisotopic (exact) mass is 354 g/mol. The smallest absolute Gasteiger partial charge is 0.238 e. The molecule has 0 saturated heterocycles. The zero-order valence-electron chi connectivity index (χ0n) is 13.7. The molecule has 1 heterocycles. The SMILES string of the molecule is Cc1ccc(Cl)cc1NC(=O)CN(C)Cc1c(C)nn(C)c1Cl. The maximum Gasteiger partial charge on any atom is 0.238 e. The van der Waals surface area contributed by atoms with Gasteiger partial charge in [0.15, 0.2) is 0 Å². The largest absolute Gasteiger partial charge is 0.325 e. The number of benzene rings is 1. The first-order valence-corrected chi connectivity index (χ1v) is 7.96. The van der Waals surface area contributed by atoms with Gasteiger partial charge in [-0.3, -0.25) is 14.4 Å². The Morgan fingerprint density at radius 2 is 2.04 bits per heavy atom. The van der Waals surface area contributed by atoms with Crippen molar-refractivity contribution in [2.24, 2.45) is 7.05 Å². The minimum atomic E-state index is -0.101. The number of nitrogens with one attached hydrogen (secondary N) is 1. The number of anilines is 1. The summed E-state index contributed by atoms with van der Waals surface area (Å²) >= 11 is 12.2. The van der Waals surface area contributed by atoms with Crippen LogP contribution in [-0.2, 0) is 18.4 Å². The molecule has 0 bridgehead atoms. The van der Waals surface area contributed by atoms with Crippen molar-refractivity contribution >= 4 is 34.8 Å². The van der Waals surface area contributed by atoms with E-state index in [-0.39, 0.29) is 12.5 Å². The molecule has 0 saturated carbocycles. The van der Waals surface area contributed by atoms with Gasteiger partial charge in [0.05, 0.1) is 12.2 Å². The third-order valence-electron chi connectivity index (χ3n) is 3.59. The van der Waals surface area contributed by atoms with Crippen LogP contribution in [0.25, 0.3) is 0 Å². The van der Waals surface area contributed by atoms with E-state index in [1.165, 1.54) is 0 Å². The van der Waals surface area contributed by atoms with E-state index in [0.29, 0.717) is 16.7 Å². The zero-order valence-corrected chi connectivity index (χ0v) is 15.2. The molecule has 124 valence electrons. The van der Waals surface area contributed by atoms with Gasteiger partial charge in [-0.1, -0.05) is 29.3 Å². The number of amides is 1. The summed E-state index contributed by atoms with van der Waals surface area (Å²) in [6, 6.07) is 5.42. The van der Waals surface area contributed by atoms with E-state index in [2.05, 4.69) is 10.4 Å². The van der Waals surface area contributed by atoms with E-state index < -0.39 is 0 Å². The van der Waals surface area contributed by atoms with Crippen molar-refractivity contribution in [2.75, 3.05) is 18.9 Å². The first-order chi connectivity index (χ1) is 10.8. The molecule has 1 aromatic carbocycles. The van der Waals surface area contributed by atoms with Crippen LogP contribution in [0.4, 0.5) is 5.69 Å². The summed E-state index contributed by atoms with van der Waals surface area (Å²) in [4.78, 5) is 14.1. The van der Waals surface area contributed by atoms with Crippen molar-refractivity contribution in [3.63, 3.8) is 0 Å². The molecule has 1 N–H and O–H groups in total. The predicted molar refractivity (Wildman–Crippen MR) is 94.1 cm³/mol. The molecule has 0 aliphatic rings. The second-order valence-corrected chi connectivity index (χ2v) is 6.45. The highest BCUT2D eigenvalue weighted by Crippen LogP contribution is 2.21. The lowest BCUT2D eigenvalue weighted by molar-refractivity contribution is -0.117. The first kappa shape index (κ1) is 17.8. The molecule has 2 aromatic rings. The Kier molecular flexibility index (Phi) is 5.68. The minimum absolute atomic E-state index is 0.101. The summed E-state index contributed by atoms with van der Waals surface area (Å²) in [6.07, 6.45) is 0. The maximum atomic E-state index is 12.2. The van der Waals surface area contributed by atoms with Crippen molar-refractivity contribution in [3.8, 4) is 0 Å². The molecule has 1 aromatic heterocycles. The number of carbonyl (C=O) groups is 1. The summed E-state index contributed by atoms with van der Waals surface area (Å²) in [7, 11) is 3.67. The van der Waals surface area contributed by atoms with Crippen LogP contribution in [0.1, 0.15) is 16.8 Å². The maximum absolute atomic E-state index is 12.2. The van der Waals surface area contributed by atoms with Gasteiger partial charge >= 0.3 is 0 Å². The highest BCUT2D eigenvalue weighted by molar-refractivity contribution is 6.31. The molecule has 0 fully saturated rings. The fourth-order valence-electron chi connectivity index (χ4n) is 2.34. The molecule has 0 unspecified atom stereocenters. The lowest BCUT2D eigenvalue weighted by atomic mass is 10.2. The summed E-state index contributed by atoms with van der Waals surface area (Å²) in [6.45, 7) is 4.63. The summed E-state index contributed by atoms with van der Waals surface area (Å²) in [5.41, 5.74) is 3.50. The van der Waals surface area contributed by atoms with Crippen LogP contribution < -0.4 is 5.32 Å². The Balaban J connectivity index is 1.98. The summed E-state index contributed by atoms with van der Waals surface area (Å²) in [5.74, 6) is -0.101. The highest BCUT2D eigenvalue weighted by atomic mass is 35.5. The molecule has 2 rings (SSSR count). The zero-order chi connectivity index (χ0) is 17.1. The fraction of sp³-hybridized carbons (Fsp3) is 0.375. The van der Waals surface area contributed by atoms with Gasteiger partial charge in [0, 0.05) is 29.9 Å². The van der Waals surface area contributed by atoms with E-state index in [4.69, 9.17) is 23.2 Å². The van der Waals surface area contributed by atoms with Gasteiger partial charge in [0.25, 0.3) is 0 Å². The van der Waals surface area contributed by atoms with Crippen molar-refractivity contribution < 1.29 is 4.79 Å². The number of hydrogen-bond donors (Lipinski definition) is 1. The third-order valence-corrected chi connectivity index (χ3v) is 4.29. The van der Waals surface area contributed by atoms with Crippen molar-refractivity contribution in [2.45, 2.75) is 20.4 Å². The Labute approximate surface area is 146 Å². The van der Waals surface area contributed by atoms with E-state index >= 15 is 0 Å². The lowest BCUT2D eigenvalue weighted by Crippen LogP contribution is -2.30. The standard InChI is InChI=1S/C16H20Cl2N4O/c1-10-5-6-12(17)7-14(10)19-15(23)9-21(3)8-13-11(2)20-22(4)16(13)18/h5-7H,8-9H2,1-4H3,(H,19,23). The van der Waals surface area contributed by atoms with Crippen LogP contribution in [0, 0.1) is 13.8 Å². The fourth-order valence-corrected chi connectivity index (χ4v) is 2.75. The number of hydrogen-bond acceptors (Lipinski definition) is 3. The molecule has 0 spiro atoms. The molecule has 23 heavy (non-hydrogen) atoms. The van der Waals surface area contributed by atoms with Crippen molar-refractivity contribution in [3.05, 3.63) is 45.2 Å². The number of rotatable bonds is 5. The second kappa shape index (κ2) is 7.34. The molecular formula is C16H20Cl2N4O. The Morgan fingerprint density at radius 3 is 2.65 bits per heavy atom. The van der Waals surface area contributed by atoms with E-state index in [9.17, 15) is 4.79 Å². The molecule has 0 aliphatic carbocycles. The van der Waals surface area contributed by atoms with Crippen LogP contribution in [0.3, 0.4) is 0 Å². The topological polar surface area (TPSA) is 50.2 Å². The molecule has 5 nitrogen and oxygen atoms in total. The van der Waals surface area contributed by atoms with Gasteiger partial charge in [0.1, 0.15) is 5.15 Å². The molecule has 7 heteroatoms. The molecular weight excluding hydrogens is 335 g/mol. The summed E-state index contributed by atoms with van der Waals surface area (Å²) < 4.78 is 1.63. The van der Waals surface area contributed by atoms with Gasteiger partial charge in [0.2, 0.25) is 5.91 Å². The van der Waals surface area contributed by atoms with Crippen molar-refractivity contribution in [1.82, 2.24) is 14.7 Å². The number of aryl methyl sites for hydroxylation is 3. The predicted octanol–water partition coefficient (Wildman–Crippen LogP) is 3.41. The lowest BCUT2D eigenvalue weighted by Gasteiger charge is -2.17. The van der Waals surface area contributed by atoms with E-state index in [1.54, 1.807) is 23.9 Å². The minimum Gasteiger partial charge on any atom is -0.325 e. The van der Waals surface area contributed by atoms with E-state index in [0.717, 1.165) is 22.5 Å². The van der Waals surface area contributed by atoms with Crippen molar-refractivity contribution in [1.29, 1.82) is 0 Å². The van der Waals surface area contributed by atoms with Crippen LogP contribution >= 0.6 is 23.2 Å². The Morgan fingerprint density at radius 1 is 1.35 bits per heavy atom. The number of likely N-dealkylation sites (N-methyl/N-ethyl adjacent to an activating group) is 1. The average molecular weight is 355 g/mol. The highest BCUT2D eigenvalue weighted by Gasteiger charge is 2.15. The Hall–Kier alpha value is -1.56. The van der Waals surface area contributed by atoms with Gasteiger partial charge in [-0.25, -0.2) is 0 Å². The molecule has 0 aliphatic heterocycles. The van der Waals surface area contributed by atoms with Crippen LogP contribution in [0.5, 0.6) is 0 Å². The Bertz CT molecular complexity index is 727. The van der Waals surface area contributed by atoms with Gasteiger partial charge in [-0.15, -0.1) is 0 Å². The van der Waals surface area contributed by atoms with E-state index in [1.807, 2.05) is 31.9 Å². The number of halogens is 2. The number of nitrogens with zero attached hydrogens (tertiary/aromatic N) is 3.